The lowest BCUT2D eigenvalue weighted by Crippen LogP contribution is -2.45. The zero-order valence-corrected chi connectivity index (χ0v) is 13.8. The van der Waals surface area contributed by atoms with Gasteiger partial charge in [0.25, 0.3) is 0 Å². The number of likely N-dealkylation sites (N-methyl/N-ethyl adjacent to an activating group) is 1. The van der Waals surface area contributed by atoms with Crippen LogP contribution in [0.2, 0.25) is 0 Å². The number of rotatable bonds is 4. The molecule has 2 rings (SSSR count). The Morgan fingerprint density at radius 1 is 1.50 bits per heavy atom. The highest BCUT2D eigenvalue weighted by molar-refractivity contribution is 7.91. The van der Waals surface area contributed by atoms with E-state index in [1.54, 1.807) is 6.92 Å². The summed E-state index contributed by atoms with van der Waals surface area (Å²) in [5.74, 6) is 0.187. The Morgan fingerprint density at radius 3 is 2.80 bits per heavy atom. The highest BCUT2D eigenvalue weighted by Crippen LogP contribution is 2.36. The maximum Gasteiger partial charge on any atom is 0.184 e. The number of hydrogen-bond donors (Lipinski definition) is 1. The van der Waals surface area contributed by atoms with E-state index in [4.69, 9.17) is 5.73 Å². The van der Waals surface area contributed by atoms with Gasteiger partial charge in [-0.1, -0.05) is 6.92 Å². The largest absolute Gasteiger partial charge is 0.382 e. The van der Waals surface area contributed by atoms with E-state index in [0.29, 0.717) is 11.0 Å². The van der Waals surface area contributed by atoms with Crippen molar-refractivity contribution in [3.63, 3.8) is 0 Å². The minimum absolute atomic E-state index is 0.0492. The fraction of sp³-hybridized carbons (Fsp3) is 0.750. The topological polar surface area (TPSA) is 79.5 Å². The molecule has 0 radical (unpaired) electrons. The lowest BCUT2D eigenvalue weighted by atomic mass is 10.1. The van der Waals surface area contributed by atoms with Crippen molar-refractivity contribution < 1.29 is 8.42 Å². The number of aromatic nitrogens is 1. The molecule has 1 saturated heterocycles. The molecule has 20 heavy (non-hydrogen) atoms. The third-order valence-corrected chi connectivity index (χ3v) is 6.60. The van der Waals surface area contributed by atoms with E-state index in [1.165, 1.54) is 11.5 Å². The summed E-state index contributed by atoms with van der Waals surface area (Å²) in [7, 11) is 0.773. The molecule has 0 amide bonds. The molecule has 1 aliphatic rings. The lowest BCUT2D eigenvalue weighted by molar-refractivity contribution is 0.258. The highest BCUT2D eigenvalue weighted by Gasteiger charge is 2.30. The van der Waals surface area contributed by atoms with E-state index >= 15 is 0 Å². The minimum atomic E-state index is -3.34. The Hall–Kier alpha value is -0.860. The van der Waals surface area contributed by atoms with E-state index in [-0.39, 0.29) is 16.5 Å². The molecule has 2 heterocycles. The third kappa shape index (κ3) is 2.91. The van der Waals surface area contributed by atoms with Crippen LogP contribution in [0.25, 0.3) is 0 Å². The normalized spacial score (nSPS) is 20.6. The maximum absolute atomic E-state index is 12.2. The van der Waals surface area contributed by atoms with Crippen LogP contribution in [0, 0.1) is 0 Å². The van der Waals surface area contributed by atoms with E-state index in [2.05, 4.69) is 28.3 Å². The molecule has 1 atom stereocenters. The van der Waals surface area contributed by atoms with Crippen molar-refractivity contribution in [1.29, 1.82) is 0 Å². The average molecular weight is 318 g/mol. The number of sulfone groups is 1. The van der Waals surface area contributed by atoms with Gasteiger partial charge in [-0.25, -0.2) is 8.42 Å². The molecule has 8 heteroatoms. The van der Waals surface area contributed by atoms with Crippen LogP contribution >= 0.6 is 11.5 Å². The van der Waals surface area contributed by atoms with Crippen molar-refractivity contribution in [2.45, 2.75) is 30.7 Å². The van der Waals surface area contributed by atoms with Crippen LogP contribution in [-0.2, 0) is 9.84 Å². The Morgan fingerprint density at radius 2 is 2.20 bits per heavy atom. The second-order valence-electron chi connectivity index (χ2n) is 5.31. The van der Waals surface area contributed by atoms with Crippen LogP contribution in [0.3, 0.4) is 0 Å². The quantitative estimate of drug-likeness (QED) is 0.894. The van der Waals surface area contributed by atoms with Crippen LogP contribution < -0.4 is 10.6 Å². The molecule has 0 saturated carbocycles. The van der Waals surface area contributed by atoms with Crippen molar-refractivity contribution in [1.82, 2.24) is 9.27 Å². The van der Waals surface area contributed by atoms with Gasteiger partial charge in [-0.3, -0.25) is 0 Å². The molecule has 1 unspecified atom stereocenters. The lowest BCUT2D eigenvalue weighted by Gasteiger charge is -2.36. The molecule has 1 aromatic rings. The van der Waals surface area contributed by atoms with Gasteiger partial charge in [0.1, 0.15) is 9.90 Å². The second-order valence-corrected chi connectivity index (χ2v) is 8.28. The van der Waals surface area contributed by atoms with Crippen molar-refractivity contribution in [2.24, 2.45) is 0 Å². The standard InChI is InChI=1S/C12H22N4O2S2/c1-4-20(17,18)10-11(13)14-19-12(10)16-7-5-6-9(8-16)15(2)3/h9H,4-8H2,1-3H3,(H2,13,14). The fourth-order valence-electron chi connectivity index (χ4n) is 2.48. The fourth-order valence-corrected chi connectivity index (χ4v) is 4.83. The van der Waals surface area contributed by atoms with Crippen molar-refractivity contribution in [2.75, 3.05) is 43.6 Å². The molecule has 0 aliphatic carbocycles. The highest BCUT2D eigenvalue weighted by atomic mass is 32.2. The number of nitrogen functional groups attached to an aromatic ring is 1. The van der Waals surface area contributed by atoms with Gasteiger partial charge in [0.2, 0.25) is 0 Å². The molecule has 0 spiro atoms. The van der Waals surface area contributed by atoms with Gasteiger partial charge in [-0.05, 0) is 38.5 Å². The summed E-state index contributed by atoms with van der Waals surface area (Å²) in [4.78, 5) is 4.53. The molecular formula is C12H22N4O2S2. The molecule has 0 bridgehead atoms. The predicted molar refractivity (Wildman–Crippen MR) is 83.2 cm³/mol. The molecule has 114 valence electrons. The molecule has 1 aromatic heterocycles. The Labute approximate surface area is 124 Å². The molecule has 6 nitrogen and oxygen atoms in total. The summed E-state index contributed by atoms with van der Waals surface area (Å²) in [5.41, 5.74) is 5.79. The van der Waals surface area contributed by atoms with Crippen LogP contribution in [0.15, 0.2) is 4.90 Å². The number of nitrogens with zero attached hydrogens (tertiary/aromatic N) is 3. The average Bonchev–Trinajstić information content (AvgIpc) is 2.81. The third-order valence-electron chi connectivity index (χ3n) is 3.76. The number of anilines is 2. The van der Waals surface area contributed by atoms with E-state index in [9.17, 15) is 8.42 Å². The van der Waals surface area contributed by atoms with Gasteiger partial charge in [0.15, 0.2) is 15.7 Å². The van der Waals surface area contributed by atoms with Gasteiger partial charge in [0, 0.05) is 19.1 Å². The van der Waals surface area contributed by atoms with Gasteiger partial charge >= 0.3 is 0 Å². The molecular weight excluding hydrogens is 296 g/mol. The van der Waals surface area contributed by atoms with Crippen LogP contribution in [0.5, 0.6) is 0 Å². The van der Waals surface area contributed by atoms with Crippen LogP contribution in [-0.4, -0.2) is 56.7 Å². The van der Waals surface area contributed by atoms with Crippen LogP contribution in [0.1, 0.15) is 19.8 Å². The molecule has 1 aliphatic heterocycles. The zero-order valence-electron chi connectivity index (χ0n) is 12.2. The zero-order chi connectivity index (χ0) is 14.9. The van der Waals surface area contributed by atoms with Crippen molar-refractivity contribution in [3.8, 4) is 0 Å². The number of piperidine rings is 1. The summed E-state index contributed by atoms with van der Waals surface area (Å²) in [6, 6.07) is 0.434. The Kier molecular flexibility index (Phi) is 4.55. The summed E-state index contributed by atoms with van der Waals surface area (Å²) in [5, 5.41) is 0.705. The van der Waals surface area contributed by atoms with E-state index in [0.717, 1.165) is 25.9 Å². The number of hydrogen-bond acceptors (Lipinski definition) is 7. The number of nitrogens with two attached hydrogens (primary N) is 1. The first-order chi connectivity index (χ1) is 9.36. The first-order valence-corrected chi connectivity index (χ1v) is 9.18. The summed E-state index contributed by atoms with van der Waals surface area (Å²) < 4.78 is 28.5. The smallest absolute Gasteiger partial charge is 0.184 e. The Balaban J connectivity index is 2.34. The maximum atomic E-state index is 12.2. The van der Waals surface area contributed by atoms with E-state index in [1.807, 2.05) is 0 Å². The summed E-state index contributed by atoms with van der Waals surface area (Å²) in [6.45, 7) is 3.31. The minimum Gasteiger partial charge on any atom is -0.382 e. The monoisotopic (exact) mass is 318 g/mol. The Bertz CT molecular complexity index is 568. The van der Waals surface area contributed by atoms with Crippen molar-refractivity contribution in [3.05, 3.63) is 0 Å². The summed E-state index contributed by atoms with van der Waals surface area (Å²) in [6.07, 6.45) is 2.18. The van der Waals surface area contributed by atoms with E-state index < -0.39 is 9.84 Å². The molecule has 2 N–H and O–H groups in total. The van der Waals surface area contributed by atoms with Gasteiger partial charge in [0.05, 0.1) is 5.75 Å². The van der Waals surface area contributed by atoms with Gasteiger partial charge in [-0.15, -0.1) is 0 Å². The first-order valence-electron chi connectivity index (χ1n) is 6.76. The first kappa shape index (κ1) is 15.5. The SMILES string of the molecule is CCS(=O)(=O)c1c(N)nsc1N1CCCC(N(C)C)C1. The summed E-state index contributed by atoms with van der Waals surface area (Å²) >= 11 is 1.19. The molecule has 0 aromatic carbocycles. The predicted octanol–water partition coefficient (Wildman–Crippen LogP) is 1.05. The van der Waals surface area contributed by atoms with Crippen molar-refractivity contribution >= 4 is 32.2 Å². The van der Waals surface area contributed by atoms with Gasteiger partial charge < -0.3 is 15.5 Å². The molecule has 1 fully saturated rings. The van der Waals surface area contributed by atoms with Gasteiger partial charge in [-0.2, -0.15) is 4.37 Å². The second kappa shape index (κ2) is 5.87. The van der Waals surface area contributed by atoms with Crippen LogP contribution in [0.4, 0.5) is 10.8 Å².